The molecule has 13 heavy (non-hydrogen) atoms. The Bertz CT molecular complexity index is 290. The van der Waals surface area contributed by atoms with Crippen LogP contribution in [-0.4, -0.2) is 36.8 Å². The topological polar surface area (TPSA) is 88.5 Å². The lowest BCUT2D eigenvalue weighted by Gasteiger charge is -1.99. The second-order valence-electron chi connectivity index (χ2n) is 2.79. The Morgan fingerprint density at radius 3 is 2.23 bits per heavy atom. The molecule has 0 saturated carbocycles. The van der Waals surface area contributed by atoms with Crippen LogP contribution < -0.4 is 0 Å². The van der Waals surface area contributed by atoms with Crippen molar-refractivity contribution in [3.63, 3.8) is 0 Å². The van der Waals surface area contributed by atoms with E-state index in [2.05, 4.69) is 0 Å². The average Bonchev–Trinajstić information content (AvgIpc) is 1.81. The number of hydrogen-bond donors (Lipinski definition) is 1. The maximum atomic E-state index is 11.0. The van der Waals surface area contributed by atoms with Gasteiger partial charge in [-0.1, -0.05) is 0 Å². The third kappa shape index (κ3) is 7.45. The summed E-state index contributed by atoms with van der Waals surface area (Å²) in [6, 6.07) is 0. The quantitative estimate of drug-likeness (QED) is 0.656. The Morgan fingerprint density at radius 2 is 1.85 bits per heavy atom. The maximum Gasteiger partial charge on any atom is 0.303 e. The van der Waals surface area contributed by atoms with Crippen molar-refractivity contribution in [1.82, 2.24) is 0 Å². The van der Waals surface area contributed by atoms with Crippen LogP contribution in [0.2, 0.25) is 0 Å². The molecule has 6 heteroatoms. The summed E-state index contributed by atoms with van der Waals surface area (Å²) in [6.45, 7) is 1.19. The van der Waals surface area contributed by atoms with E-state index >= 15 is 0 Å². The van der Waals surface area contributed by atoms with Crippen LogP contribution in [0.25, 0.3) is 0 Å². The Morgan fingerprint density at radius 1 is 1.31 bits per heavy atom. The largest absolute Gasteiger partial charge is 0.481 e. The lowest BCUT2D eigenvalue weighted by atomic mass is 10.3. The Kier molecular flexibility index (Phi) is 4.61. The average molecular weight is 208 g/mol. The van der Waals surface area contributed by atoms with Crippen LogP contribution in [0.3, 0.4) is 0 Å². The van der Waals surface area contributed by atoms with Gasteiger partial charge in [-0.15, -0.1) is 0 Å². The molecule has 0 bridgehead atoms. The van der Waals surface area contributed by atoms with Crippen LogP contribution in [0.1, 0.15) is 19.8 Å². The number of carboxylic acid groups (broad SMARTS) is 1. The molecule has 0 aromatic rings. The van der Waals surface area contributed by atoms with Crippen LogP contribution in [0.4, 0.5) is 0 Å². The molecule has 0 amide bonds. The van der Waals surface area contributed by atoms with Crippen LogP contribution in [0, 0.1) is 0 Å². The number of Topliss-reactive ketones (excluding diaryl/α,β-unsaturated/α-hetero) is 1. The summed E-state index contributed by atoms with van der Waals surface area (Å²) in [4.78, 5) is 20.5. The standard InChI is InChI=1S/C7H12O5S/c1-6(8)5-13(11,12)4-2-3-7(9)10/h2-5H2,1H3,(H,9,10). The van der Waals surface area contributed by atoms with Crippen LogP contribution in [0.5, 0.6) is 0 Å². The molecule has 0 heterocycles. The van der Waals surface area contributed by atoms with E-state index in [1.54, 1.807) is 0 Å². The molecule has 0 unspecified atom stereocenters. The summed E-state index contributed by atoms with van der Waals surface area (Å²) in [5.74, 6) is -2.18. The number of rotatable bonds is 6. The van der Waals surface area contributed by atoms with E-state index in [1.807, 2.05) is 0 Å². The van der Waals surface area contributed by atoms with Crippen molar-refractivity contribution < 1.29 is 23.1 Å². The lowest BCUT2D eigenvalue weighted by molar-refractivity contribution is -0.137. The molecule has 0 atom stereocenters. The highest BCUT2D eigenvalue weighted by molar-refractivity contribution is 7.92. The lowest BCUT2D eigenvalue weighted by Crippen LogP contribution is -2.17. The SMILES string of the molecule is CC(=O)CS(=O)(=O)CCCC(=O)O. The van der Waals surface area contributed by atoms with E-state index < -0.39 is 27.3 Å². The van der Waals surface area contributed by atoms with Crippen molar-refractivity contribution >= 4 is 21.6 Å². The molecule has 0 aromatic heterocycles. The van der Waals surface area contributed by atoms with Gasteiger partial charge in [-0.3, -0.25) is 9.59 Å². The van der Waals surface area contributed by atoms with Gasteiger partial charge in [-0.2, -0.15) is 0 Å². The van der Waals surface area contributed by atoms with Crippen LogP contribution >= 0.6 is 0 Å². The van der Waals surface area contributed by atoms with Crippen LogP contribution in [0.15, 0.2) is 0 Å². The van der Waals surface area contributed by atoms with Gasteiger partial charge in [0.2, 0.25) is 0 Å². The third-order valence-corrected chi connectivity index (χ3v) is 3.03. The van der Waals surface area contributed by atoms with Gasteiger partial charge in [0.25, 0.3) is 0 Å². The van der Waals surface area contributed by atoms with Gasteiger partial charge in [-0.25, -0.2) is 8.42 Å². The fourth-order valence-electron chi connectivity index (χ4n) is 0.825. The molecule has 0 aliphatic carbocycles. The summed E-state index contributed by atoms with van der Waals surface area (Å²) in [6.07, 6.45) is -0.123. The van der Waals surface area contributed by atoms with E-state index in [0.29, 0.717) is 0 Å². The molecule has 76 valence electrons. The van der Waals surface area contributed by atoms with Gasteiger partial charge < -0.3 is 5.11 Å². The van der Waals surface area contributed by atoms with Gasteiger partial charge in [0.05, 0.1) is 5.75 Å². The fourth-order valence-corrected chi connectivity index (χ4v) is 2.17. The molecular formula is C7H12O5S. The highest BCUT2D eigenvalue weighted by Gasteiger charge is 2.13. The van der Waals surface area contributed by atoms with Crippen molar-refractivity contribution in [2.75, 3.05) is 11.5 Å². The molecule has 0 radical (unpaired) electrons. The van der Waals surface area contributed by atoms with Crippen molar-refractivity contribution in [3.8, 4) is 0 Å². The minimum atomic E-state index is -3.39. The first-order chi connectivity index (χ1) is 5.83. The first kappa shape index (κ1) is 12.1. The van der Waals surface area contributed by atoms with Crippen molar-refractivity contribution in [1.29, 1.82) is 0 Å². The number of ketones is 1. The molecule has 0 rings (SSSR count). The summed E-state index contributed by atoms with van der Waals surface area (Å²) in [5.41, 5.74) is 0. The monoisotopic (exact) mass is 208 g/mol. The van der Waals surface area contributed by atoms with Crippen molar-refractivity contribution in [3.05, 3.63) is 0 Å². The smallest absolute Gasteiger partial charge is 0.303 e. The predicted octanol–water partition coefficient (Wildman–Crippen LogP) is -0.145. The van der Waals surface area contributed by atoms with Gasteiger partial charge in [-0.05, 0) is 13.3 Å². The molecule has 0 aliphatic rings. The zero-order valence-electron chi connectivity index (χ0n) is 7.32. The molecule has 0 aliphatic heterocycles. The molecule has 5 nitrogen and oxygen atoms in total. The molecule has 0 spiro atoms. The number of sulfone groups is 1. The highest BCUT2D eigenvalue weighted by Crippen LogP contribution is 1.98. The van der Waals surface area contributed by atoms with Crippen LogP contribution in [-0.2, 0) is 19.4 Å². The Balaban J connectivity index is 3.91. The molecule has 0 aromatic carbocycles. The molecule has 0 saturated heterocycles. The maximum absolute atomic E-state index is 11.0. The van der Waals surface area contributed by atoms with Crippen molar-refractivity contribution in [2.45, 2.75) is 19.8 Å². The number of carboxylic acids is 1. The molecule has 0 fully saturated rings. The zero-order chi connectivity index (χ0) is 10.5. The van der Waals surface area contributed by atoms with Gasteiger partial charge in [0, 0.05) is 6.42 Å². The Labute approximate surface area is 76.7 Å². The Hall–Kier alpha value is -0.910. The summed E-state index contributed by atoms with van der Waals surface area (Å²) in [7, 11) is -3.39. The van der Waals surface area contributed by atoms with E-state index in [9.17, 15) is 18.0 Å². The normalized spacial score (nSPS) is 11.2. The molecular weight excluding hydrogens is 196 g/mol. The minimum Gasteiger partial charge on any atom is -0.481 e. The third-order valence-electron chi connectivity index (χ3n) is 1.27. The minimum absolute atomic E-state index is 0.0605. The number of carbonyl (C=O) groups is 2. The first-order valence-electron chi connectivity index (χ1n) is 3.75. The van der Waals surface area contributed by atoms with Gasteiger partial charge in [0.15, 0.2) is 9.84 Å². The number of aliphatic carboxylic acids is 1. The first-order valence-corrected chi connectivity index (χ1v) is 5.57. The van der Waals surface area contributed by atoms with E-state index in [0.717, 1.165) is 0 Å². The van der Waals surface area contributed by atoms with Gasteiger partial charge in [0.1, 0.15) is 11.5 Å². The summed E-state index contributed by atoms with van der Waals surface area (Å²) >= 11 is 0. The summed E-state index contributed by atoms with van der Waals surface area (Å²) in [5, 5.41) is 8.23. The van der Waals surface area contributed by atoms with Gasteiger partial charge >= 0.3 is 5.97 Å². The van der Waals surface area contributed by atoms with E-state index in [-0.39, 0.29) is 18.6 Å². The second kappa shape index (κ2) is 4.96. The fraction of sp³-hybridized carbons (Fsp3) is 0.714. The highest BCUT2D eigenvalue weighted by atomic mass is 32.2. The van der Waals surface area contributed by atoms with Crippen molar-refractivity contribution in [2.24, 2.45) is 0 Å². The zero-order valence-corrected chi connectivity index (χ0v) is 8.13. The number of hydrogen-bond acceptors (Lipinski definition) is 4. The summed E-state index contributed by atoms with van der Waals surface area (Å²) < 4.78 is 22.0. The number of carbonyl (C=O) groups excluding carboxylic acids is 1. The predicted molar refractivity (Wildman–Crippen MR) is 46.2 cm³/mol. The molecule has 1 N–H and O–H groups in total. The second-order valence-corrected chi connectivity index (χ2v) is 4.98. The van der Waals surface area contributed by atoms with E-state index in [4.69, 9.17) is 5.11 Å². The van der Waals surface area contributed by atoms with E-state index in [1.165, 1.54) is 6.92 Å².